The number of benzene rings is 1. The van der Waals surface area contributed by atoms with Gasteiger partial charge in [0.2, 0.25) is 5.91 Å². The topological polar surface area (TPSA) is 75.6 Å². The number of hydrogen-bond acceptors (Lipinski definition) is 3. The van der Waals surface area contributed by atoms with Gasteiger partial charge in [-0.25, -0.2) is 0 Å². The van der Waals surface area contributed by atoms with Gasteiger partial charge in [-0.2, -0.15) is 0 Å². The van der Waals surface area contributed by atoms with Gasteiger partial charge in [-0.1, -0.05) is 12.1 Å². The number of carbonyl (C=O) groups is 2. The molecule has 0 aromatic heterocycles. The lowest BCUT2D eigenvalue weighted by Crippen LogP contribution is -2.27. The van der Waals surface area contributed by atoms with Gasteiger partial charge >= 0.3 is 5.97 Å². The summed E-state index contributed by atoms with van der Waals surface area (Å²) in [5.41, 5.74) is 1.06. The van der Waals surface area contributed by atoms with E-state index in [0.29, 0.717) is 17.0 Å². The van der Waals surface area contributed by atoms with Crippen molar-refractivity contribution in [1.29, 1.82) is 0 Å². The van der Waals surface area contributed by atoms with Crippen molar-refractivity contribution in [2.24, 2.45) is 0 Å². The Hall–Kier alpha value is -2.04. The summed E-state index contributed by atoms with van der Waals surface area (Å²) in [7, 11) is 1.48. The third-order valence-electron chi connectivity index (χ3n) is 2.61. The van der Waals surface area contributed by atoms with Crippen molar-refractivity contribution in [3.8, 4) is 5.75 Å². The molecule has 5 nitrogen and oxygen atoms in total. The van der Waals surface area contributed by atoms with Crippen LogP contribution in [-0.2, 0) is 9.59 Å². The van der Waals surface area contributed by atoms with Crippen LogP contribution in [0, 0.1) is 0 Å². The zero-order chi connectivity index (χ0) is 11.7. The lowest BCUT2D eigenvalue weighted by atomic mass is 9.90. The lowest BCUT2D eigenvalue weighted by molar-refractivity contribution is -0.140. The molecule has 1 aliphatic heterocycles. The van der Waals surface area contributed by atoms with E-state index in [2.05, 4.69) is 5.32 Å². The number of para-hydroxylation sites is 1. The second kappa shape index (κ2) is 3.84. The van der Waals surface area contributed by atoms with Crippen LogP contribution in [0.25, 0.3) is 0 Å². The van der Waals surface area contributed by atoms with Gasteiger partial charge in [0.1, 0.15) is 5.75 Å². The quantitative estimate of drug-likeness (QED) is 0.786. The van der Waals surface area contributed by atoms with Gasteiger partial charge in [-0.3, -0.25) is 9.59 Å². The Bertz CT molecular complexity index is 455. The lowest BCUT2D eigenvalue weighted by Gasteiger charge is -2.24. The fourth-order valence-electron chi connectivity index (χ4n) is 1.85. The summed E-state index contributed by atoms with van der Waals surface area (Å²) in [5.74, 6) is -1.61. The number of ether oxygens (including phenoxy) is 1. The van der Waals surface area contributed by atoms with Gasteiger partial charge in [0.15, 0.2) is 0 Å². The Morgan fingerprint density at radius 2 is 2.31 bits per heavy atom. The number of hydrogen-bond donors (Lipinski definition) is 2. The van der Waals surface area contributed by atoms with E-state index in [0.717, 1.165) is 0 Å². The molecule has 2 rings (SSSR count). The second-order valence-corrected chi connectivity index (χ2v) is 3.57. The highest BCUT2D eigenvalue weighted by Crippen LogP contribution is 2.38. The highest BCUT2D eigenvalue weighted by molar-refractivity contribution is 6.01. The average molecular weight is 221 g/mol. The molecule has 16 heavy (non-hydrogen) atoms. The second-order valence-electron chi connectivity index (χ2n) is 3.57. The molecule has 1 atom stereocenters. The fourth-order valence-corrected chi connectivity index (χ4v) is 1.85. The zero-order valence-corrected chi connectivity index (χ0v) is 8.69. The van der Waals surface area contributed by atoms with Gasteiger partial charge < -0.3 is 15.2 Å². The van der Waals surface area contributed by atoms with Crippen LogP contribution in [0.5, 0.6) is 5.75 Å². The van der Waals surface area contributed by atoms with Gasteiger partial charge in [-0.05, 0) is 11.6 Å². The van der Waals surface area contributed by atoms with Crippen LogP contribution >= 0.6 is 0 Å². The van der Waals surface area contributed by atoms with Crippen molar-refractivity contribution in [3.05, 3.63) is 23.8 Å². The predicted molar refractivity (Wildman–Crippen MR) is 56.6 cm³/mol. The number of methoxy groups -OCH3 is 1. The molecule has 1 aromatic carbocycles. The molecule has 0 bridgehead atoms. The van der Waals surface area contributed by atoms with E-state index in [1.54, 1.807) is 18.2 Å². The van der Waals surface area contributed by atoms with Gasteiger partial charge in [-0.15, -0.1) is 0 Å². The number of nitrogens with one attached hydrogen (secondary N) is 1. The number of rotatable bonds is 2. The SMILES string of the molecule is COc1cccc2c1NC(=O)C[C@H]2C(=O)O. The number of carboxylic acid groups (broad SMARTS) is 1. The number of anilines is 1. The Labute approximate surface area is 92.0 Å². The number of carbonyl (C=O) groups excluding carboxylic acids is 1. The molecule has 1 aliphatic rings. The van der Waals surface area contributed by atoms with Crippen LogP contribution in [0.3, 0.4) is 0 Å². The van der Waals surface area contributed by atoms with E-state index in [4.69, 9.17) is 9.84 Å². The molecule has 1 aromatic rings. The predicted octanol–water partition coefficient (Wildman–Crippen LogP) is 1.21. The van der Waals surface area contributed by atoms with E-state index in [1.165, 1.54) is 7.11 Å². The standard InChI is InChI=1S/C11H11NO4/c1-16-8-4-2-3-6-7(11(14)15)5-9(13)12-10(6)8/h2-4,7H,5H2,1H3,(H,12,13)(H,14,15)/t7-/m1/s1. The molecule has 0 radical (unpaired) electrons. The minimum Gasteiger partial charge on any atom is -0.495 e. The minimum absolute atomic E-state index is 0.0322. The van der Waals surface area contributed by atoms with Crippen LogP contribution in [0.2, 0.25) is 0 Å². The normalized spacial score (nSPS) is 18.6. The largest absolute Gasteiger partial charge is 0.495 e. The minimum atomic E-state index is -0.996. The molecule has 0 saturated carbocycles. The molecule has 0 saturated heterocycles. The molecule has 0 unspecified atom stereocenters. The molecule has 0 aliphatic carbocycles. The molecule has 5 heteroatoms. The Kier molecular flexibility index (Phi) is 2.52. The molecular formula is C11H11NO4. The van der Waals surface area contributed by atoms with E-state index in [-0.39, 0.29) is 12.3 Å². The third-order valence-corrected chi connectivity index (χ3v) is 2.61. The van der Waals surface area contributed by atoms with Crippen molar-refractivity contribution in [3.63, 3.8) is 0 Å². The fraction of sp³-hybridized carbons (Fsp3) is 0.273. The molecule has 84 valence electrons. The van der Waals surface area contributed by atoms with E-state index in [1.807, 2.05) is 0 Å². The molecule has 1 heterocycles. The van der Waals surface area contributed by atoms with Crippen molar-refractivity contribution >= 4 is 17.6 Å². The first-order chi connectivity index (χ1) is 7.63. The van der Waals surface area contributed by atoms with Gasteiger partial charge in [0.25, 0.3) is 0 Å². The van der Waals surface area contributed by atoms with Crippen molar-refractivity contribution < 1.29 is 19.4 Å². The Morgan fingerprint density at radius 1 is 1.56 bits per heavy atom. The zero-order valence-electron chi connectivity index (χ0n) is 8.69. The number of aliphatic carboxylic acids is 1. The summed E-state index contributed by atoms with van der Waals surface area (Å²) in [6.07, 6.45) is -0.0322. The van der Waals surface area contributed by atoms with Gasteiger partial charge in [0, 0.05) is 6.42 Å². The summed E-state index contributed by atoms with van der Waals surface area (Å²) >= 11 is 0. The van der Waals surface area contributed by atoms with E-state index < -0.39 is 11.9 Å². The monoisotopic (exact) mass is 221 g/mol. The van der Waals surface area contributed by atoms with Crippen LogP contribution in [0.4, 0.5) is 5.69 Å². The first kappa shape index (κ1) is 10.5. The van der Waals surface area contributed by atoms with Crippen molar-refractivity contribution in [2.45, 2.75) is 12.3 Å². The molecule has 2 N–H and O–H groups in total. The maximum Gasteiger partial charge on any atom is 0.311 e. The Morgan fingerprint density at radius 3 is 2.94 bits per heavy atom. The highest BCUT2D eigenvalue weighted by atomic mass is 16.5. The number of amides is 1. The van der Waals surface area contributed by atoms with Crippen LogP contribution in [0.15, 0.2) is 18.2 Å². The van der Waals surface area contributed by atoms with Crippen LogP contribution < -0.4 is 10.1 Å². The number of fused-ring (bicyclic) bond motifs is 1. The van der Waals surface area contributed by atoms with E-state index >= 15 is 0 Å². The first-order valence-electron chi connectivity index (χ1n) is 4.83. The molecule has 0 spiro atoms. The van der Waals surface area contributed by atoms with Crippen molar-refractivity contribution in [2.75, 3.05) is 12.4 Å². The summed E-state index contributed by atoms with van der Waals surface area (Å²) in [4.78, 5) is 22.4. The summed E-state index contributed by atoms with van der Waals surface area (Å²) in [6.45, 7) is 0. The summed E-state index contributed by atoms with van der Waals surface area (Å²) < 4.78 is 5.08. The maximum absolute atomic E-state index is 11.4. The molecule has 1 amide bonds. The van der Waals surface area contributed by atoms with Crippen LogP contribution in [-0.4, -0.2) is 24.1 Å². The van der Waals surface area contributed by atoms with Crippen LogP contribution in [0.1, 0.15) is 17.9 Å². The molecule has 0 fully saturated rings. The van der Waals surface area contributed by atoms with Crippen molar-refractivity contribution in [1.82, 2.24) is 0 Å². The number of carboxylic acids is 1. The first-order valence-corrected chi connectivity index (χ1v) is 4.83. The van der Waals surface area contributed by atoms with E-state index in [9.17, 15) is 9.59 Å². The third kappa shape index (κ3) is 1.60. The summed E-state index contributed by atoms with van der Waals surface area (Å²) in [6, 6.07) is 5.09. The highest BCUT2D eigenvalue weighted by Gasteiger charge is 2.31. The maximum atomic E-state index is 11.4. The summed E-state index contributed by atoms with van der Waals surface area (Å²) in [5, 5.41) is 11.7. The molecular weight excluding hydrogens is 210 g/mol. The average Bonchev–Trinajstić information content (AvgIpc) is 2.27. The smallest absolute Gasteiger partial charge is 0.311 e. The Balaban J connectivity index is 2.55. The van der Waals surface area contributed by atoms with Gasteiger partial charge in [0.05, 0.1) is 18.7 Å².